The molecule has 3 bridgehead atoms. The molecule has 4 unspecified atom stereocenters. The molecule has 0 spiro atoms. The highest BCUT2D eigenvalue weighted by molar-refractivity contribution is 5.96. The minimum absolute atomic E-state index is 0.0104. The summed E-state index contributed by atoms with van der Waals surface area (Å²) >= 11 is 0. The summed E-state index contributed by atoms with van der Waals surface area (Å²) in [4.78, 5) is 25.5. The lowest BCUT2D eigenvalue weighted by Crippen LogP contribution is -2.59. The molecule has 3 rings (SSSR count). The van der Waals surface area contributed by atoms with Gasteiger partial charge in [-0.2, -0.15) is 0 Å². The molecule has 0 aromatic rings. The minimum atomic E-state index is -0.400. The number of carbonyl (C=O) groups excluding carboxylic acids is 2. The van der Waals surface area contributed by atoms with E-state index >= 15 is 0 Å². The lowest BCUT2D eigenvalue weighted by Gasteiger charge is -2.58. The molecule has 0 heterocycles. The Labute approximate surface area is 120 Å². The Balaban J connectivity index is 1.75. The van der Waals surface area contributed by atoms with Crippen LogP contribution in [0.15, 0.2) is 0 Å². The molecule has 4 atom stereocenters. The Morgan fingerprint density at radius 3 is 2.80 bits per heavy atom. The predicted octanol–water partition coefficient (Wildman–Crippen LogP) is 1.18. The molecule has 2 amide bonds. The molecule has 3 fully saturated rings. The number of hydrogen-bond donors (Lipinski definition) is 2. The van der Waals surface area contributed by atoms with E-state index in [4.69, 9.17) is 5.84 Å². The van der Waals surface area contributed by atoms with Crippen LogP contribution in [0, 0.1) is 17.8 Å². The molecule has 0 aliphatic heterocycles. The van der Waals surface area contributed by atoms with E-state index in [1.54, 1.807) is 0 Å². The second-order valence-electron chi connectivity index (χ2n) is 7.07. The zero-order chi connectivity index (χ0) is 14.3. The first-order chi connectivity index (χ1) is 9.54. The average molecular weight is 279 g/mol. The molecule has 0 saturated heterocycles. The summed E-state index contributed by atoms with van der Waals surface area (Å²) in [5.74, 6) is 7.05. The van der Waals surface area contributed by atoms with Gasteiger partial charge >= 0.3 is 0 Å². The van der Waals surface area contributed by atoms with Crippen LogP contribution in [0.1, 0.15) is 51.4 Å². The molecule has 112 valence electrons. The number of hydrogen-bond acceptors (Lipinski definition) is 3. The summed E-state index contributed by atoms with van der Waals surface area (Å²) in [5, 5.41) is 0. The monoisotopic (exact) mass is 279 g/mol. The number of rotatable bonds is 3. The molecule has 3 saturated carbocycles. The normalized spacial score (nSPS) is 38.4. The first-order valence-electron chi connectivity index (χ1n) is 7.80. The number of carbonyl (C=O) groups is 2. The van der Waals surface area contributed by atoms with Gasteiger partial charge in [0.2, 0.25) is 11.8 Å². The van der Waals surface area contributed by atoms with Crippen LogP contribution >= 0.6 is 0 Å². The van der Waals surface area contributed by atoms with E-state index in [0.29, 0.717) is 0 Å². The maximum absolute atomic E-state index is 12.3. The van der Waals surface area contributed by atoms with Crippen molar-refractivity contribution in [2.75, 3.05) is 7.05 Å². The van der Waals surface area contributed by atoms with Gasteiger partial charge in [0, 0.05) is 12.6 Å². The topological polar surface area (TPSA) is 75.4 Å². The maximum Gasteiger partial charge on any atom is 0.243 e. The maximum atomic E-state index is 12.3. The first-order valence-corrected chi connectivity index (χ1v) is 7.80. The van der Waals surface area contributed by atoms with E-state index < -0.39 is 5.91 Å². The summed E-state index contributed by atoms with van der Waals surface area (Å²) in [6, 6.07) is 0. The number of amides is 2. The van der Waals surface area contributed by atoms with Crippen molar-refractivity contribution < 1.29 is 9.59 Å². The van der Waals surface area contributed by atoms with E-state index in [2.05, 4.69) is 0 Å². The predicted molar refractivity (Wildman–Crippen MR) is 75.2 cm³/mol. The molecule has 20 heavy (non-hydrogen) atoms. The van der Waals surface area contributed by atoms with Gasteiger partial charge in [-0.3, -0.25) is 15.0 Å². The van der Waals surface area contributed by atoms with E-state index in [1.165, 1.54) is 25.7 Å². The van der Waals surface area contributed by atoms with Gasteiger partial charge in [-0.05, 0) is 56.3 Å². The van der Waals surface area contributed by atoms with Crippen molar-refractivity contribution in [1.82, 2.24) is 10.3 Å². The Kier molecular flexibility index (Phi) is 3.48. The largest absolute Gasteiger partial charge is 0.340 e. The third kappa shape index (κ3) is 2.22. The fourth-order valence-electron chi connectivity index (χ4n) is 5.02. The van der Waals surface area contributed by atoms with Crippen LogP contribution in [-0.4, -0.2) is 29.3 Å². The summed E-state index contributed by atoms with van der Waals surface area (Å²) in [6.45, 7) is 0. The van der Waals surface area contributed by atoms with Crippen LogP contribution in [0.2, 0.25) is 0 Å². The van der Waals surface area contributed by atoms with Crippen LogP contribution in [0.25, 0.3) is 0 Å². The van der Waals surface area contributed by atoms with Crippen molar-refractivity contribution >= 4 is 11.8 Å². The molecule has 3 aliphatic rings. The number of nitrogens with one attached hydrogen (secondary N) is 1. The van der Waals surface area contributed by atoms with Crippen LogP contribution in [0.3, 0.4) is 0 Å². The molecular weight excluding hydrogens is 254 g/mol. The summed E-state index contributed by atoms with van der Waals surface area (Å²) in [6.07, 6.45) is 8.57. The summed E-state index contributed by atoms with van der Waals surface area (Å²) in [5.41, 5.74) is 2.06. The van der Waals surface area contributed by atoms with Crippen molar-refractivity contribution in [3.05, 3.63) is 0 Å². The molecule has 0 aromatic heterocycles. The van der Waals surface area contributed by atoms with Crippen molar-refractivity contribution in [1.29, 1.82) is 0 Å². The lowest BCUT2D eigenvalue weighted by molar-refractivity contribution is -0.146. The fourth-order valence-corrected chi connectivity index (χ4v) is 5.02. The van der Waals surface area contributed by atoms with Crippen molar-refractivity contribution in [2.45, 2.75) is 56.9 Å². The number of nitrogens with two attached hydrogens (primary N) is 1. The van der Waals surface area contributed by atoms with Crippen molar-refractivity contribution in [3.8, 4) is 0 Å². The first kappa shape index (κ1) is 13.9. The molecular formula is C15H25N3O2. The SMILES string of the molecule is CN(C(=O)CC(=O)NN)C12CCC3CCC(CC3C1)C2. The minimum Gasteiger partial charge on any atom is -0.340 e. The second kappa shape index (κ2) is 5.02. The van der Waals surface area contributed by atoms with Crippen LogP contribution in [0.4, 0.5) is 0 Å². The standard InChI is InChI=1S/C15H25N3O2/c1-18(14(20)7-13(19)17-16)15-5-4-11-3-2-10(8-15)6-12(11)9-15/h10-12H,2-9,16H2,1H3,(H,17,19). The molecule has 0 radical (unpaired) electrons. The highest BCUT2D eigenvalue weighted by Gasteiger charge is 2.51. The number of nitrogens with zero attached hydrogens (tertiary/aromatic N) is 1. The van der Waals surface area contributed by atoms with Gasteiger partial charge in [0.15, 0.2) is 0 Å². The van der Waals surface area contributed by atoms with E-state index in [9.17, 15) is 9.59 Å². The average Bonchev–Trinajstić information content (AvgIpc) is 2.44. The molecule has 3 aliphatic carbocycles. The van der Waals surface area contributed by atoms with Crippen molar-refractivity contribution in [2.24, 2.45) is 23.6 Å². The van der Waals surface area contributed by atoms with Crippen LogP contribution in [0.5, 0.6) is 0 Å². The smallest absolute Gasteiger partial charge is 0.243 e. The number of fused-ring (bicyclic) bond motifs is 2. The lowest BCUT2D eigenvalue weighted by atomic mass is 9.54. The second-order valence-corrected chi connectivity index (χ2v) is 7.07. The van der Waals surface area contributed by atoms with Gasteiger partial charge in [0.05, 0.1) is 0 Å². The van der Waals surface area contributed by atoms with Gasteiger partial charge in [-0.25, -0.2) is 5.84 Å². The van der Waals surface area contributed by atoms with E-state index in [1.807, 2.05) is 17.4 Å². The van der Waals surface area contributed by atoms with Gasteiger partial charge < -0.3 is 4.90 Å². The molecule has 5 nitrogen and oxygen atoms in total. The Bertz CT molecular complexity index is 421. The number of hydrazine groups is 1. The highest BCUT2D eigenvalue weighted by Crippen LogP contribution is 2.55. The van der Waals surface area contributed by atoms with Gasteiger partial charge in [-0.15, -0.1) is 0 Å². The molecule has 0 aromatic carbocycles. The van der Waals surface area contributed by atoms with Crippen LogP contribution in [-0.2, 0) is 9.59 Å². The highest BCUT2D eigenvalue weighted by atomic mass is 16.2. The third-order valence-electron chi connectivity index (χ3n) is 6.10. The van der Waals surface area contributed by atoms with E-state index in [0.717, 1.165) is 37.0 Å². The van der Waals surface area contributed by atoms with Gasteiger partial charge in [0.1, 0.15) is 6.42 Å². The van der Waals surface area contributed by atoms with Crippen molar-refractivity contribution in [3.63, 3.8) is 0 Å². The Hall–Kier alpha value is -1.10. The Morgan fingerprint density at radius 1 is 1.25 bits per heavy atom. The van der Waals surface area contributed by atoms with Gasteiger partial charge in [-0.1, -0.05) is 6.42 Å². The zero-order valence-electron chi connectivity index (χ0n) is 12.2. The molecule has 5 heteroatoms. The fraction of sp³-hybridized carbons (Fsp3) is 0.867. The van der Waals surface area contributed by atoms with Crippen LogP contribution < -0.4 is 11.3 Å². The summed E-state index contributed by atoms with van der Waals surface area (Å²) < 4.78 is 0. The summed E-state index contributed by atoms with van der Waals surface area (Å²) in [7, 11) is 1.88. The third-order valence-corrected chi connectivity index (χ3v) is 6.10. The zero-order valence-corrected chi connectivity index (χ0v) is 12.2. The van der Waals surface area contributed by atoms with Gasteiger partial charge in [0.25, 0.3) is 0 Å². The molecule has 3 N–H and O–H groups in total. The Morgan fingerprint density at radius 2 is 2.05 bits per heavy atom. The van der Waals surface area contributed by atoms with E-state index in [-0.39, 0.29) is 17.9 Å². The quantitative estimate of drug-likeness (QED) is 0.352.